The van der Waals surface area contributed by atoms with Crippen molar-refractivity contribution in [2.75, 3.05) is 19.0 Å². The van der Waals surface area contributed by atoms with Gasteiger partial charge in [-0.05, 0) is 37.1 Å². The highest BCUT2D eigenvalue weighted by molar-refractivity contribution is 5.90. The average molecular weight is 292 g/mol. The molecule has 1 aromatic carbocycles. The van der Waals surface area contributed by atoms with Crippen molar-refractivity contribution in [2.45, 2.75) is 19.4 Å². The number of hydrogen-bond acceptors (Lipinski definition) is 3. The SMILES string of the molecule is COCCC(C)NC(=O)Nc1cccc(/C=C/C(=O)O)c1. The highest BCUT2D eigenvalue weighted by atomic mass is 16.5. The second-order valence-electron chi connectivity index (χ2n) is 4.58. The van der Waals surface area contributed by atoms with Crippen LogP contribution in [-0.4, -0.2) is 36.9 Å². The van der Waals surface area contributed by atoms with E-state index in [0.717, 1.165) is 12.5 Å². The number of urea groups is 1. The summed E-state index contributed by atoms with van der Waals surface area (Å²) in [6.45, 7) is 2.47. The van der Waals surface area contributed by atoms with E-state index in [0.29, 0.717) is 17.9 Å². The summed E-state index contributed by atoms with van der Waals surface area (Å²) in [4.78, 5) is 22.3. The summed E-state index contributed by atoms with van der Waals surface area (Å²) >= 11 is 0. The zero-order valence-electron chi connectivity index (χ0n) is 12.1. The largest absolute Gasteiger partial charge is 0.478 e. The first-order valence-corrected chi connectivity index (χ1v) is 6.59. The van der Waals surface area contributed by atoms with Gasteiger partial charge in [0, 0.05) is 31.5 Å². The molecule has 2 amide bonds. The molecule has 0 spiro atoms. The molecule has 0 aliphatic carbocycles. The van der Waals surface area contributed by atoms with E-state index in [9.17, 15) is 9.59 Å². The number of rotatable bonds is 7. The van der Waals surface area contributed by atoms with Crippen LogP contribution in [0.5, 0.6) is 0 Å². The Morgan fingerprint density at radius 3 is 2.86 bits per heavy atom. The topological polar surface area (TPSA) is 87.7 Å². The minimum Gasteiger partial charge on any atom is -0.478 e. The molecular formula is C15H20N2O4. The summed E-state index contributed by atoms with van der Waals surface area (Å²) in [7, 11) is 1.61. The molecule has 0 aliphatic heterocycles. The first kappa shape index (κ1) is 16.7. The molecule has 6 nitrogen and oxygen atoms in total. The fourth-order valence-corrected chi connectivity index (χ4v) is 1.65. The maximum absolute atomic E-state index is 11.8. The van der Waals surface area contributed by atoms with Crippen molar-refractivity contribution in [3.05, 3.63) is 35.9 Å². The van der Waals surface area contributed by atoms with Gasteiger partial charge in [-0.2, -0.15) is 0 Å². The lowest BCUT2D eigenvalue weighted by atomic mass is 10.2. The van der Waals surface area contributed by atoms with E-state index in [1.54, 1.807) is 31.4 Å². The standard InChI is InChI=1S/C15H20N2O4/c1-11(8-9-21-2)16-15(20)17-13-5-3-4-12(10-13)6-7-14(18)19/h3-7,10-11H,8-9H2,1-2H3,(H,18,19)(H2,16,17,20)/b7-6+. The minimum atomic E-state index is -1.02. The summed E-state index contributed by atoms with van der Waals surface area (Å²) in [5.41, 5.74) is 1.29. The van der Waals surface area contributed by atoms with Crippen molar-refractivity contribution in [1.29, 1.82) is 0 Å². The van der Waals surface area contributed by atoms with Gasteiger partial charge in [-0.25, -0.2) is 9.59 Å². The van der Waals surface area contributed by atoms with Gasteiger partial charge in [0.25, 0.3) is 0 Å². The predicted octanol–water partition coefficient (Wildman–Crippen LogP) is 2.33. The van der Waals surface area contributed by atoms with Crippen molar-refractivity contribution < 1.29 is 19.4 Å². The van der Waals surface area contributed by atoms with Gasteiger partial charge in [0.15, 0.2) is 0 Å². The first-order valence-electron chi connectivity index (χ1n) is 6.59. The normalized spacial score (nSPS) is 12.1. The van der Waals surface area contributed by atoms with Crippen molar-refractivity contribution in [1.82, 2.24) is 5.32 Å². The molecule has 0 fully saturated rings. The molecule has 1 aromatic rings. The number of carboxylic acid groups (broad SMARTS) is 1. The van der Waals surface area contributed by atoms with Gasteiger partial charge >= 0.3 is 12.0 Å². The molecule has 0 saturated heterocycles. The number of hydrogen-bond donors (Lipinski definition) is 3. The summed E-state index contributed by atoms with van der Waals surface area (Å²) in [6.07, 6.45) is 3.24. The molecule has 0 heterocycles. The van der Waals surface area contributed by atoms with Crippen LogP contribution in [0.2, 0.25) is 0 Å². The Morgan fingerprint density at radius 2 is 2.19 bits per heavy atom. The van der Waals surface area contributed by atoms with E-state index in [1.165, 1.54) is 6.08 Å². The van der Waals surface area contributed by atoms with Crippen LogP contribution in [0.25, 0.3) is 6.08 Å². The van der Waals surface area contributed by atoms with Crippen molar-refractivity contribution in [3.8, 4) is 0 Å². The minimum absolute atomic E-state index is 0.0000360. The van der Waals surface area contributed by atoms with Crippen molar-refractivity contribution in [3.63, 3.8) is 0 Å². The lowest BCUT2D eigenvalue weighted by Crippen LogP contribution is -2.36. The second kappa shape index (κ2) is 8.76. The molecule has 0 aromatic heterocycles. The Balaban J connectivity index is 2.56. The lowest BCUT2D eigenvalue weighted by Gasteiger charge is -2.14. The highest BCUT2D eigenvalue weighted by Crippen LogP contribution is 2.12. The van der Waals surface area contributed by atoms with Crippen LogP contribution in [0.1, 0.15) is 18.9 Å². The number of benzene rings is 1. The second-order valence-corrected chi connectivity index (χ2v) is 4.58. The molecule has 1 unspecified atom stereocenters. The zero-order valence-corrected chi connectivity index (χ0v) is 12.1. The van der Waals surface area contributed by atoms with E-state index in [2.05, 4.69) is 10.6 Å². The van der Waals surface area contributed by atoms with Crippen LogP contribution in [0.4, 0.5) is 10.5 Å². The molecule has 0 radical (unpaired) electrons. The third-order valence-corrected chi connectivity index (χ3v) is 2.70. The third-order valence-electron chi connectivity index (χ3n) is 2.70. The number of ether oxygens (including phenoxy) is 1. The summed E-state index contributed by atoms with van der Waals surface area (Å²) in [5.74, 6) is -1.02. The molecule has 0 aliphatic rings. The Bertz CT molecular complexity index is 514. The molecule has 0 bridgehead atoms. The molecule has 6 heteroatoms. The van der Waals surface area contributed by atoms with Gasteiger partial charge < -0.3 is 20.5 Å². The highest BCUT2D eigenvalue weighted by Gasteiger charge is 2.07. The fourth-order valence-electron chi connectivity index (χ4n) is 1.65. The monoisotopic (exact) mass is 292 g/mol. The third kappa shape index (κ3) is 7.12. The Hall–Kier alpha value is -2.34. The molecular weight excluding hydrogens is 272 g/mol. The van der Waals surface area contributed by atoms with Crippen LogP contribution < -0.4 is 10.6 Å². The Morgan fingerprint density at radius 1 is 1.43 bits per heavy atom. The number of aliphatic carboxylic acids is 1. The Kier molecular flexibility index (Phi) is 6.97. The summed E-state index contributed by atoms with van der Waals surface area (Å²) < 4.78 is 4.95. The van der Waals surface area contributed by atoms with Crippen molar-refractivity contribution in [2.24, 2.45) is 0 Å². The van der Waals surface area contributed by atoms with E-state index < -0.39 is 5.97 Å². The first-order chi connectivity index (χ1) is 10.0. The van der Waals surface area contributed by atoms with Crippen LogP contribution in [0.15, 0.2) is 30.3 Å². The van der Waals surface area contributed by atoms with Crippen LogP contribution in [0.3, 0.4) is 0 Å². The molecule has 0 saturated carbocycles. The summed E-state index contributed by atoms with van der Waals surface area (Å²) in [6, 6.07) is 6.61. The maximum atomic E-state index is 11.8. The fraction of sp³-hybridized carbons (Fsp3) is 0.333. The number of carboxylic acids is 1. The van der Waals surface area contributed by atoms with E-state index in [-0.39, 0.29) is 12.1 Å². The molecule has 1 rings (SSSR count). The number of carbonyl (C=O) groups is 2. The van der Waals surface area contributed by atoms with Gasteiger partial charge in [0.1, 0.15) is 0 Å². The molecule has 21 heavy (non-hydrogen) atoms. The van der Waals surface area contributed by atoms with E-state index in [1.807, 2.05) is 6.92 Å². The quantitative estimate of drug-likeness (QED) is 0.673. The number of carbonyl (C=O) groups excluding carboxylic acids is 1. The summed E-state index contributed by atoms with van der Waals surface area (Å²) in [5, 5.41) is 14.1. The molecule has 1 atom stereocenters. The smallest absolute Gasteiger partial charge is 0.328 e. The lowest BCUT2D eigenvalue weighted by molar-refractivity contribution is -0.131. The van der Waals surface area contributed by atoms with E-state index in [4.69, 9.17) is 9.84 Å². The maximum Gasteiger partial charge on any atom is 0.328 e. The van der Waals surface area contributed by atoms with Crippen LogP contribution >= 0.6 is 0 Å². The average Bonchev–Trinajstić information content (AvgIpc) is 2.43. The van der Waals surface area contributed by atoms with Gasteiger partial charge in [0.05, 0.1) is 0 Å². The number of nitrogens with one attached hydrogen (secondary N) is 2. The zero-order chi connectivity index (χ0) is 15.7. The van der Waals surface area contributed by atoms with Gasteiger partial charge in [-0.1, -0.05) is 12.1 Å². The molecule has 3 N–H and O–H groups in total. The molecule has 114 valence electrons. The van der Waals surface area contributed by atoms with Gasteiger partial charge in [-0.3, -0.25) is 0 Å². The number of methoxy groups -OCH3 is 1. The number of amides is 2. The number of anilines is 1. The van der Waals surface area contributed by atoms with Gasteiger partial charge in [-0.15, -0.1) is 0 Å². The predicted molar refractivity (Wildman–Crippen MR) is 81.2 cm³/mol. The van der Waals surface area contributed by atoms with E-state index >= 15 is 0 Å². The van der Waals surface area contributed by atoms with Gasteiger partial charge in [0.2, 0.25) is 0 Å². The Labute approximate surface area is 123 Å². The van der Waals surface area contributed by atoms with Crippen LogP contribution in [-0.2, 0) is 9.53 Å². The van der Waals surface area contributed by atoms with Crippen LogP contribution in [0, 0.1) is 0 Å². The van der Waals surface area contributed by atoms with Crippen molar-refractivity contribution >= 4 is 23.8 Å².